The molecule has 2 aromatic carbocycles. The fourth-order valence-electron chi connectivity index (χ4n) is 3.90. The van der Waals surface area contributed by atoms with Crippen LogP contribution in [0.1, 0.15) is 24.0 Å². The molecule has 31 heavy (non-hydrogen) atoms. The molecule has 0 spiro atoms. The lowest BCUT2D eigenvalue weighted by atomic mass is 10.2. The van der Waals surface area contributed by atoms with Crippen molar-refractivity contribution in [3.8, 4) is 5.75 Å². The summed E-state index contributed by atoms with van der Waals surface area (Å²) in [4.78, 5) is 9.11. The lowest BCUT2D eigenvalue weighted by Gasteiger charge is -2.25. The van der Waals surface area contributed by atoms with E-state index in [2.05, 4.69) is 75.9 Å². The Hall–Kier alpha value is -2.57. The fourth-order valence-corrected chi connectivity index (χ4v) is 3.90. The van der Waals surface area contributed by atoms with Crippen LogP contribution in [0.15, 0.2) is 59.6 Å². The topological polar surface area (TPSA) is 52.1 Å². The fraction of sp³-hybridized carbons (Fsp3) is 0.480. The zero-order valence-corrected chi connectivity index (χ0v) is 19.2. The van der Waals surface area contributed by atoms with E-state index in [0.29, 0.717) is 19.2 Å². The van der Waals surface area contributed by atoms with Crippen LogP contribution in [0.5, 0.6) is 5.75 Å². The summed E-state index contributed by atoms with van der Waals surface area (Å²) in [6, 6.07) is 19.5. The summed E-state index contributed by atoms with van der Waals surface area (Å²) in [6.07, 6.45) is 2.47. The molecular weight excluding hydrogens is 386 g/mol. The Kier molecular flexibility index (Phi) is 9.18. The Balaban J connectivity index is 1.48. The monoisotopic (exact) mass is 423 g/mol. The van der Waals surface area contributed by atoms with Gasteiger partial charge in [0.2, 0.25) is 0 Å². The normalized spacial score (nSPS) is 17.2. The summed E-state index contributed by atoms with van der Waals surface area (Å²) >= 11 is 0. The lowest BCUT2D eigenvalue weighted by Crippen LogP contribution is -2.44. The van der Waals surface area contributed by atoms with Gasteiger partial charge in [0.05, 0.1) is 0 Å². The Morgan fingerprint density at radius 2 is 1.87 bits per heavy atom. The van der Waals surface area contributed by atoms with E-state index in [-0.39, 0.29) is 0 Å². The Labute approximate surface area is 187 Å². The van der Waals surface area contributed by atoms with Gasteiger partial charge in [0.15, 0.2) is 5.96 Å². The van der Waals surface area contributed by atoms with E-state index in [1.807, 2.05) is 25.2 Å². The first kappa shape index (κ1) is 23.1. The second kappa shape index (κ2) is 12.3. The second-order valence-corrected chi connectivity index (χ2v) is 8.32. The van der Waals surface area contributed by atoms with Crippen molar-refractivity contribution >= 4 is 5.96 Å². The number of rotatable bonds is 10. The highest BCUT2D eigenvalue weighted by Gasteiger charge is 2.24. The van der Waals surface area contributed by atoms with Crippen LogP contribution < -0.4 is 15.4 Å². The van der Waals surface area contributed by atoms with Crippen LogP contribution in [-0.2, 0) is 13.1 Å². The molecular formula is C25H37N5O. The number of para-hydroxylation sites is 1. The third-order valence-electron chi connectivity index (χ3n) is 5.67. The molecule has 1 heterocycles. The number of hydrogen-bond acceptors (Lipinski definition) is 4. The third kappa shape index (κ3) is 7.56. The van der Waals surface area contributed by atoms with Crippen molar-refractivity contribution in [1.82, 2.24) is 20.4 Å². The molecule has 1 fully saturated rings. The van der Waals surface area contributed by atoms with Crippen molar-refractivity contribution in [3.63, 3.8) is 0 Å². The van der Waals surface area contributed by atoms with Gasteiger partial charge < -0.3 is 20.3 Å². The van der Waals surface area contributed by atoms with Crippen molar-refractivity contribution in [2.45, 2.75) is 32.0 Å². The third-order valence-corrected chi connectivity index (χ3v) is 5.67. The molecule has 6 heteroatoms. The molecule has 2 aromatic rings. The molecule has 0 aromatic heterocycles. The highest BCUT2D eigenvalue weighted by atomic mass is 16.5. The average Bonchev–Trinajstić information content (AvgIpc) is 3.22. The van der Waals surface area contributed by atoms with Gasteiger partial charge in [-0.1, -0.05) is 48.5 Å². The molecule has 1 atom stereocenters. The summed E-state index contributed by atoms with van der Waals surface area (Å²) in [5, 5.41) is 6.97. The molecule has 0 bridgehead atoms. The maximum Gasteiger partial charge on any atom is 0.191 e. The van der Waals surface area contributed by atoms with E-state index < -0.39 is 0 Å². The van der Waals surface area contributed by atoms with Crippen LogP contribution >= 0.6 is 0 Å². The molecule has 0 aliphatic carbocycles. The van der Waals surface area contributed by atoms with E-state index in [1.54, 1.807) is 0 Å². The van der Waals surface area contributed by atoms with Crippen LogP contribution in [-0.4, -0.2) is 69.2 Å². The zero-order chi connectivity index (χ0) is 21.9. The lowest BCUT2D eigenvalue weighted by molar-refractivity contribution is 0.245. The van der Waals surface area contributed by atoms with E-state index in [9.17, 15) is 0 Å². The van der Waals surface area contributed by atoms with Crippen LogP contribution in [0, 0.1) is 0 Å². The van der Waals surface area contributed by atoms with Gasteiger partial charge in [-0.2, -0.15) is 0 Å². The Bertz CT molecular complexity index is 809. The quantitative estimate of drug-likeness (QED) is 0.455. The van der Waals surface area contributed by atoms with E-state index in [0.717, 1.165) is 43.5 Å². The van der Waals surface area contributed by atoms with E-state index in [1.165, 1.54) is 18.4 Å². The number of benzene rings is 2. The van der Waals surface area contributed by atoms with Crippen molar-refractivity contribution in [2.24, 2.45) is 4.99 Å². The van der Waals surface area contributed by atoms with Gasteiger partial charge in [0, 0.05) is 44.8 Å². The predicted octanol–water partition coefficient (Wildman–Crippen LogP) is 2.96. The molecule has 0 saturated carbocycles. The maximum absolute atomic E-state index is 5.98. The van der Waals surface area contributed by atoms with E-state index >= 15 is 0 Å². The number of likely N-dealkylation sites (tertiary alicyclic amines) is 1. The number of nitrogens with zero attached hydrogens (tertiary/aromatic N) is 3. The highest BCUT2D eigenvalue weighted by Crippen LogP contribution is 2.20. The smallest absolute Gasteiger partial charge is 0.191 e. The van der Waals surface area contributed by atoms with Gasteiger partial charge >= 0.3 is 0 Å². The summed E-state index contributed by atoms with van der Waals surface area (Å²) in [6.45, 7) is 5.31. The second-order valence-electron chi connectivity index (χ2n) is 8.32. The Morgan fingerprint density at radius 3 is 2.65 bits per heavy atom. The summed E-state index contributed by atoms with van der Waals surface area (Å²) in [5.41, 5.74) is 2.51. The molecule has 2 N–H and O–H groups in total. The molecule has 0 amide bonds. The van der Waals surface area contributed by atoms with Crippen molar-refractivity contribution in [1.29, 1.82) is 0 Å². The summed E-state index contributed by atoms with van der Waals surface area (Å²) in [5.74, 6) is 1.76. The minimum absolute atomic E-state index is 0.528. The molecule has 1 saturated heterocycles. The highest BCUT2D eigenvalue weighted by molar-refractivity contribution is 5.79. The van der Waals surface area contributed by atoms with Crippen molar-refractivity contribution in [3.05, 3.63) is 65.7 Å². The van der Waals surface area contributed by atoms with Crippen LogP contribution in [0.25, 0.3) is 0 Å². The van der Waals surface area contributed by atoms with Gasteiger partial charge in [-0.05, 0) is 45.1 Å². The SMILES string of the molecule is CN=C(NCc1ccccc1OCCN(C)C)NCC1CCCN1Cc1ccccc1. The number of hydrogen-bond donors (Lipinski definition) is 2. The molecule has 0 radical (unpaired) electrons. The van der Waals surface area contributed by atoms with Crippen LogP contribution in [0.4, 0.5) is 0 Å². The maximum atomic E-state index is 5.98. The first-order chi connectivity index (χ1) is 15.2. The van der Waals surface area contributed by atoms with Crippen LogP contribution in [0.2, 0.25) is 0 Å². The minimum Gasteiger partial charge on any atom is -0.492 e. The first-order valence-corrected chi connectivity index (χ1v) is 11.2. The molecule has 3 rings (SSSR count). The molecule has 6 nitrogen and oxygen atoms in total. The number of aliphatic imine (C=N–C) groups is 1. The number of ether oxygens (including phenoxy) is 1. The van der Waals surface area contributed by atoms with Gasteiger partial charge in [0.25, 0.3) is 0 Å². The Morgan fingerprint density at radius 1 is 1.10 bits per heavy atom. The largest absolute Gasteiger partial charge is 0.492 e. The van der Waals surface area contributed by atoms with E-state index in [4.69, 9.17) is 4.74 Å². The molecule has 1 unspecified atom stereocenters. The summed E-state index contributed by atoms with van der Waals surface area (Å²) in [7, 11) is 5.93. The predicted molar refractivity (Wildman–Crippen MR) is 129 cm³/mol. The van der Waals surface area contributed by atoms with Gasteiger partial charge in [-0.3, -0.25) is 9.89 Å². The number of nitrogens with one attached hydrogen (secondary N) is 2. The average molecular weight is 424 g/mol. The summed E-state index contributed by atoms with van der Waals surface area (Å²) < 4.78 is 5.98. The van der Waals surface area contributed by atoms with Gasteiger partial charge in [-0.25, -0.2) is 0 Å². The molecule has 1 aliphatic rings. The standard InChI is InChI=1S/C25H37N5O/c1-26-25(27-18-22-12-7-8-14-24(22)31-17-16-29(2)3)28-19-23-13-9-15-30(23)20-21-10-5-4-6-11-21/h4-8,10-12,14,23H,9,13,15-20H2,1-3H3,(H2,26,27,28). The van der Waals surface area contributed by atoms with Gasteiger partial charge in [0.1, 0.15) is 12.4 Å². The number of guanidine groups is 1. The number of likely N-dealkylation sites (N-methyl/N-ethyl adjacent to an activating group) is 1. The minimum atomic E-state index is 0.528. The molecule has 168 valence electrons. The van der Waals surface area contributed by atoms with Crippen molar-refractivity contribution < 1.29 is 4.74 Å². The van der Waals surface area contributed by atoms with Gasteiger partial charge in [-0.15, -0.1) is 0 Å². The van der Waals surface area contributed by atoms with Crippen molar-refractivity contribution in [2.75, 3.05) is 47.4 Å². The molecule has 1 aliphatic heterocycles. The van der Waals surface area contributed by atoms with Crippen LogP contribution in [0.3, 0.4) is 0 Å². The first-order valence-electron chi connectivity index (χ1n) is 11.2. The zero-order valence-electron chi connectivity index (χ0n) is 19.2.